The van der Waals surface area contributed by atoms with Crippen LogP contribution in [0.1, 0.15) is 17.4 Å². The first-order chi connectivity index (χ1) is 15.9. The van der Waals surface area contributed by atoms with Crippen LogP contribution in [0.2, 0.25) is 0 Å². The highest BCUT2D eigenvalue weighted by Gasteiger charge is 2.19. The number of methoxy groups -OCH3 is 1. The van der Waals surface area contributed by atoms with E-state index in [1.165, 1.54) is 41.5 Å². The minimum Gasteiger partial charge on any atom is -0.494 e. The van der Waals surface area contributed by atoms with E-state index in [-0.39, 0.29) is 30.3 Å². The molecule has 0 saturated heterocycles. The standard InChI is InChI=1S/C25H24FN3O3S/c1-4-28(13-17-10-11-20(32-3)19(26)12-17)21(30)14-29-15-27-24-23(25(29)31)22(16(2)33-24)18-8-6-5-7-9-18/h5-12,15H,4,13-14H2,1-3H3. The van der Waals surface area contributed by atoms with E-state index < -0.39 is 5.82 Å². The summed E-state index contributed by atoms with van der Waals surface area (Å²) in [4.78, 5) is 34.1. The summed E-state index contributed by atoms with van der Waals surface area (Å²) in [6.07, 6.45) is 1.42. The molecule has 0 aliphatic carbocycles. The molecule has 4 rings (SSSR count). The lowest BCUT2D eigenvalue weighted by Crippen LogP contribution is -2.36. The average Bonchev–Trinajstić information content (AvgIpc) is 3.16. The number of fused-ring (bicyclic) bond motifs is 1. The molecule has 2 aromatic carbocycles. The molecule has 2 aromatic heterocycles. The summed E-state index contributed by atoms with van der Waals surface area (Å²) in [6, 6.07) is 14.3. The molecule has 0 bridgehead atoms. The Balaban J connectivity index is 1.63. The van der Waals surface area contributed by atoms with Gasteiger partial charge in [-0.25, -0.2) is 9.37 Å². The predicted octanol–water partition coefficient (Wildman–Crippen LogP) is 4.63. The van der Waals surface area contributed by atoms with E-state index in [0.717, 1.165) is 16.0 Å². The van der Waals surface area contributed by atoms with E-state index in [1.807, 2.05) is 44.2 Å². The van der Waals surface area contributed by atoms with Crippen molar-refractivity contribution >= 4 is 27.5 Å². The normalized spacial score (nSPS) is 11.0. The van der Waals surface area contributed by atoms with Crippen LogP contribution >= 0.6 is 11.3 Å². The number of halogens is 1. The fourth-order valence-electron chi connectivity index (χ4n) is 3.85. The third-order valence-corrected chi connectivity index (χ3v) is 6.56. The van der Waals surface area contributed by atoms with Crippen molar-refractivity contribution < 1.29 is 13.9 Å². The third-order valence-electron chi connectivity index (χ3n) is 5.55. The second-order valence-corrected chi connectivity index (χ2v) is 8.84. The second-order valence-electron chi connectivity index (χ2n) is 7.63. The van der Waals surface area contributed by atoms with Crippen LogP contribution < -0.4 is 10.3 Å². The number of thiophene rings is 1. The Labute approximate surface area is 194 Å². The van der Waals surface area contributed by atoms with Crippen LogP contribution in [0.25, 0.3) is 21.3 Å². The maximum Gasteiger partial charge on any atom is 0.263 e. The molecule has 170 valence electrons. The van der Waals surface area contributed by atoms with E-state index in [9.17, 15) is 14.0 Å². The predicted molar refractivity (Wildman–Crippen MR) is 128 cm³/mol. The van der Waals surface area contributed by atoms with Gasteiger partial charge in [0, 0.05) is 23.5 Å². The van der Waals surface area contributed by atoms with Gasteiger partial charge >= 0.3 is 0 Å². The molecule has 0 saturated carbocycles. The van der Waals surface area contributed by atoms with Crippen LogP contribution in [0.15, 0.2) is 59.7 Å². The molecule has 0 spiro atoms. The Morgan fingerprint density at radius 1 is 1.21 bits per heavy atom. The Hall–Kier alpha value is -3.52. The van der Waals surface area contributed by atoms with Crippen molar-refractivity contribution in [1.29, 1.82) is 0 Å². The minimum absolute atomic E-state index is 0.141. The summed E-state index contributed by atoms with van der Waals surface area (Å²) in [5, 5.41) is 0.527. The van der Waals surface area contributed by atoms with E-state index in [0.29, 0.717) is 22.3 Å². The smallest absolute Gasteiger partial charge is 0.263 e. The largest absolute Gasteiger partial charge is 0.494 e. The Morgan fingerprint density at radius 3 is 2.64 bits per heavy atom. The number of ether oxygens (including phenoxy) is 1. The van der Waals surface area contributed by atoms with E-state index in [1.54, 1.807) is 11.0 Å². The van der Waals surface area contributed by atoms with Crippen molar-refractivity contribution in [2.45, 2.75) is 26.9 Å². The first-order valence-electron chi connectivity index (χ1n) is 10.6. The van der Waals surface area contributed by atoms with Crippen molar-refractivity contribution in [3.63, 3.8) is 0 Å². The third kappa shape index (κ3) is 4.52. The Bertz CT molecular complexity index is 1360. The second kappa shape index (κ2) is 9.54. The van der Waals surface area contributed by atoms with Gasteiger partial charge < -0.3 is 9.64 Å². The van der Waals surface area contributed by atoms with Gasteiger partial charge in [0.05, 0.1) is 18.8 Å². The van der Waals surface area contributed by atoms with Crippen LogP contribution in [-0.2, 0) is 17.9 Å². The van der Waals surface area contributed by atoms with Gasteiger partial charge in [-0.05, 0) is 37.1 Å². The molecule has 0 fully saturated rings. The quantitative estimate of drug-likeness (QED) is 0.399. The molecule has 8 heteroatoms. The number of amides is 1. The lowest BCUT2D eigenvalue weighted by Gasteiger charge is -2.21. The maximum absolute atomic E-state index is 14.1. The molecule has 1 amide bonds. The van der Waals surface area contributed by atoms with Crippen molar-refractivity contribution in [3.8, 4) is 16.9 Å². The zero-order chi connectivity index (χ0) is 23.5. The number of nitrogens with zero attached hydrogens (tertiary/aromatic N) is 3. The van der Waals surface area contributed by atoms with Crippen molar-refractivity contribution in [1.82, 2.24) is 14.5 Å². The van der Waals surface area contributed by atoms with Gasteiger partial charge in [0.2, 0.25) is 5.91 Å². The molecule has 0 aliphatic heterocycles. The molecule has 0 radical (unpaired) electrons. The molecule has 0 aliphatic rings. The summed E-state index contributed by atoms with van der Waals surface area (Å²) < 4.78 is 20.4. The molecule has 0 N–H and O–H groups in total. The van der Waals surface area contributed by atoms with Gasteiger partial charge in [0.1, 0.15) is 11.4 Å². The summed E-state index contributed by atoms with van der Waals surface area (Å²) in [6.45, 7) is 4.32. The number of carbonyl (C=O) groups is 1. The maximum atomic E-state index is 14.1. The molecule has 0 unspecified atom stereocenters. The molecule has 6 nitrogen and oxygen atoms in total. The summed E-state index contributed by atoms with van der Waals surface area (Å²) in [5.74, 6) is -0.574. The molecule has 0 atom stereocenters. The lowest BCUT2D eigenvalue weighted by atomic mass is 10.0. The van der Waals surface area contributed by atoms with Gasteiger partial charge in [-0.15, -0.1) is 11.3 Å². The van der Waals surface area contributed by atoms with Gasteiger partial charge in [-0.1, -0.05) is 36.4 Å². The van der Waals surface area contributed by atoms with Gasteiger partial charge in [0.25, 0.3) is 5.56 Å². The monoisotopic (exact) mass is 465 g/mol. The number of hydrogen-bond acceptors (Lipinski definition) is 5. The molecular formula is C25H24FN3O3S. The van der Waals surface area contributed by atoms with Crippen LogP contribution in [0.5, 0.6) is 5.75 Å². The number of aromatic nitrogens is 2. The molecule has 2 heterocycles. The molecule has 33 heavy (non-hydrogen) atoms. The number of benzene rings is 2. The number of carbonyl (C=O) groups excluding carboxylic acids is 1. The van der Waals surface area contributed by atoms with Crippen LogP contribution in [0.4, 0.5) is 4.39 Å². The lowest BCUT2D eigenvalue weighted by molar-refractivity contribution is -0.132. The van der Waals surface area contributed by atoms with Gasteiger partial charge in [-0.2, -0.15) is 0 Å². The summed E-state index contributed by atoms with van der Waals surface area (Å²) in [5.41, 5.74) is 2.20. The number of aryl methyl sites for hydroxylation is 1. The van der Waals surface area contributed by atoms with Crippen molar-refractivity contribution in [3.05, 3.63) is 81.5 Å². The van der Waals surface area contributed by atoms with Crippen molar-refractivity contribution in [2.24, 2.45) is 0 Å². The van der Waals surface area contributed by atoms with E-state index in [2.05, 4.69) is 4.98 Å². The molecular weight excluding hydrogens is 441 g/mol. The van der Waals surface area contributed by atoms with Gasteiger partial charge in [0.15, 0.2) is 11.6 Å². The first-order valence-corrected chi connectivity index (χ1v) is 11.4. The van der Waals surface area contributed by atoms with Crippen molar-refractivity contribution in [2.75, 3.05) is 13.7 Å². The van der Waals surface area contributed by atoms with E-state index in [4.69, 9.17) is 4.74 Å². The van der Waals surface area contributed by atoms with Crippen LogP contribution in [-0.4, -0.2) is 34.0 Å². The fraction of sp³-hybridized carbons (Fsp3) is 0.240. The minimum atomic E-state index is -0.481. The summed E-state index contributed by atoms with van der Waals surface area (Å²) >= 11 is 1.47. The Kier molecular flexibility index (Phi) is 6.55. The SMILES string of the molecule is CCN(Cc1ccc(OC)c(F)c1)C(=O)Cn1cnc2sc(C)c(-c3ccccc3)c2c1=O. The van der Waals surface area contributed by atoms with Gasteiger partial charge in [-0.3, -0.25) is 14.2 Å². The zero-order valence-electron chi connectivity index (χ0n) is 18.7. The highest BCUT2D eigenvalue weighted by Crippen LogP contribution is 2.35. The fourth-order valence-corrected chi connectivity index (χ4v) is 4.86. The van der Waals surface area contributed by atoms with Crippen LogP contribution in [0.3, 0.4) is 0 Å². The Morgan fingerprint density at radius 2 is 1.97 bits per heavy atom. The zero-order valence-corrected chi connectivity index (χ0v) is 19.5. The summed E-state index contributed by atoms with van der Waals surface area (Å²) in [7, 11) is 1.40. The first kappa shape index (κ1) is 22.7. The number of hydrogen-bond donors (Lipinski definition) is 0. The highest BCUT2D eigenvalue weighted by molar-refractivity contribution is 7.19. The average molecular weight is 466 g/mol. The molecule has 4 aromatic rings. The highest BCUT2D eigenvalue weighted by atomic mass is 32.1. The van der Waals surface area contributed by atoms with E-state index >= 15 is 0 Å². The number of likely N-dealkylation sites (N-methyl/N-ethyl adjacent to an activating group) is 1. The topological polar surface area (TPSA) is 64.4 Å². The van der Waals surface area contributed by atoms with Crippen LogP contribution in [0, 0.1) is 12.7 Å². The number of rotatable bonds is 7.